The number of hydrogen-bond acceptors (Lipinski definition) is 8. The van der Waals surface area contributed by atoms with Gasteiger partial charge in [0.1, 0.15) is 0 Å². The van der Waals surface area contributed by atoms with Crippen LogP contribution < -0.4 is 55.5 Å². The molecule has 0 fully saturated rings. The third-order valence-corrected chi connectivity index (χ3v) is 2.67. The van der Waals surface area contributed by atoms with Crippen LogP contribution in [-0.4, -0.2) is 13.0 Å². The van der Waals surface area contributed by atoms with E-state index in [0.29, 0.717) is 0 Å². The van der Waals surface area contributed by atoms with Gasteiger partial charge in [0.05, 0.1) is 0 Å². The monoisotopic (exact) mass is 340 g/mol. The van der Waals surface area contributed by atoms with Crippen molar-refractivity contribution in [1.29, 1.82) is 0 Å². The largest absolute Gasteiger partial charge is 1.00 e. The molecule has 0 saturated heterocycles. The third-order valence-electron chi connectivity index (χ3n) is 1.42. The van der Waals surface area contributed by atoms with Gasteiger partial charge in [-0.25, -0.2) is 0 Å². The molecule has 0 heterocycles. The van der Waals surface area contributed by atoms with Gasteiger partial charge in [-0.2, -0.15) is 0 Å². The van der Waals surface area contributed by atoms with E-state index >= 15 is 0 Å². The molecule has 1 aromatic rings. The molecule has 1 aromatic carbocycles. The second-order valence-electron chi connectivity index (χ2n) is 2.63. The number of benzene rings is 1. The molecule has 0 aromatic heterocycles. The van der Waals surface area contributed by atoms with Crippen LogP contribution in [0.2, 0.25) is 0 Å². The van der Waals surface area contributed by atoms with E-state index in [9.17, 15) is 20.2 Å². The van der Waals surface area contributed by atoms with E-state index in [1.807, 2.05) is 0 Å². The second kappa shape index (κ2) is 7.15. The molecule has 0 radical (unpaired) electrons. The van der Waals surface area contributed by atoms with Crippen molar-refractivity contribution in [3.05, 3.63) is 24.3 Å². The Labute approximate surface area is 147 Å². The topological polar surface area (TPSA) is 146 Å². The normalized spacial score (nSPS) is 12.1. The van der Waals surface area contributed by atoms with Gasteiger partial charge in [0.2, 0.25) is 0 Å². The van der Waals surface area contributed by atoms with Gasteiger partial charge in [0.15, 0.2) is 0 Å². The van der Waals surface area contributed by atoms with Crippen LogP contribution in [0.4, 0.5) is 5.69 Å². The third kappa shape index (κ3) is 7.00. The first-order chi connectivity index (χ1) is 7.68. The standard InChI is InChI=1S/C6H6N2O4S.Cr.K.3O/c9-8-7-5-1-3-6(4-2-5)13(10,11)12;;;;;/h1-4H,(H,7,9)(H,10,11,12);;;;;/q;2*+1;;;-1/p-1. The first-order valence-electron chi connectivity index (χ1n) is 3.81. The summed E-state index contributed by atoms with van der Waals surface area (Å²) in [5.41, 5.74) is 0.0404. The Morgan fingerprint density at radius 1 is 1.22 bits per heavy atom. The molecule has 1 N–H and O–H groups in total. The summed E-state index contributed by atoms with van der Waals surface area (Å²) < 4.78 is 63.6. The summed E-state index contributed by atoms with van der Waals surface area (Å²) >= 11 is -5.66. The average molecular weight is 340 g/mol. The van der Waals surface area contributed by atoms with Crippen LogP contribution in [0.1, 0.15) is 0 Å². The summed E-state index contributed by atoms with van der Waals surface area (Å²) in [5, 5.41) is 5.83. The fraction of sp³-hybridized carbons (Fsp3) is 0. The Morgan fingerprint density at radius 2 is 1.72 bits per heavy atom. The molecule has 0 bridgehead atoms. The number of rotatable bonds is 4. The first kappa shape index (κ1) is 18.3. The fourth-order valence-corrected chi connectivity index (χ4v) is 1.45. The Balaban J connectivity index is 0.00000289. The Bertz CT molecular complexity index is 624. The molecule has 0 unspecified atom stereocenters. The SMILES string of the molecule is O=S(=O)(O)c1ccc(N=N[O][Cr](=[O])(=[O])[O-])cc1.[K+]. The van der Waals surface area contributed by atoms with Crippen LogP contribution in [-0.2, 0) is 35.2 Å². The molecule has 18 heavy (non-hydrogen) atoms. The van der Waals surface area contributed by atoms with E-state index in [4.69, 9.17) is 4.55 Å². The zero-order valence-corrected chi connectivity index (χ0v) is 14.1. The van der Waals surface area contributed by atoms with E-state index in [0.717, 1.165) is 24.3 Å². The van der Waals surface area contributed by atoms with Gasteiger partial charge in [-0.15, -0.1) is 0 Å². The van der Waals surface area contributed by atoms with Gasteiger partial charge < -0.3 is 0 Å². The molecule has 0 amide bonds. The molecule has 1 rings (SSSR count). The van der Waals surface area contributed by atoms with Crippen LogP contribution >= 0.6 is 0 Å². The van der Waals surface area contributed by atoms with Gasteiger partial charge in [0, 0.05) is 0 Å². The maximum Gasteiger partial charge on any atom is 1.00 e. The van der Waals surface area contributed by atoms with Crippen molar-refractivity contribution >= 4 is 15.8 Å². The van der Waals surface area contributed by atoms with E-state index in [1.165, 1.54) is 0 Å². The summed E-state index contributed by atoms with van der Waals surface area (Å²) in [4.78, 5) is -0.362. The minimum Gasteiger partial charge on any atom is 1.00 e. The van der Waals surface area contributed by atoms with Crippen LogP contribution in [0.25, 0.3) is 0 Å². The summed E-state index contributed by atoms with van der Waals surface area (Å²) in [5.74, 6) is 0. The molecule has 0 aliphatic heterocycles. The van der Waals surface area contributed by atoms with Crippen molar-refractivity contribution in [3.8, 4) is 0 Å². The minimum absolute atomic E-state index is 0. The Morgan fingerprint density at radius 3 is 2.11 bits per heavy atom. The second-order valence-corrected chi connectivity index (χ2v) is 5.56. The summed E-state index contributed by atoms with van der Waals surface area (Å²) in [6, 6.07) is 4.28. The van der Waals surface area contributed by atoms with E-state index in [2.05, 4.69) is 14.3 Å². The predicted molar refractivity (Wildman–Crippen MR) is 43.2 cm³/mol. The van der Waals surface area contributed by atoms with Gasteiger partial charge in [0.25, 0.3) is 0 Å². The van der Waals surface area contributed by atoms with E-state index in [1.54, 1.807) is 0 Å². The Kier molecular flexibility index (Phi) is 7.25. The van der Waals surface area contributed by atoms with Crippen molar-refractivity contribution in [3.63, 3.8) is 0 Å². The molecule has 0 atom stereocenters. The minimum atomic E-state index is -5.66. The van der Waals surface area contributed by atoms with E-state index < -0.39 is 23.7 Å². The quantitative estimate of drug-likeness (QED) is 0.266. The summed E-state index contributed by atoms with van der Waals surface area (Å²) in [6.45, 7) is 0. The van der Waals surface area contributed by atoms with Crippen molar-refractivity contribution in [2.24, 2.45) is 10.4 Å². The zero-order valence-electron chi connectivity index (χ0n) is 8.92. The molecule has 0 saturated carbocycles. The number of hydrogen-bond donors (Lipinski definition) is 1. The fourth-order valence-electron chi connectivity index (χ4n) is 0.789. The molecule has 0 spiro atoms. The Hall–Kier alpha value is 0.259. The summed E-state index contributed by atoms with van der Waals surface area (Å²) in [7, 11) is -4.31. The van der Waals surface area contributed by atoms with Gasteiger partial charge in [-0.05, 0) is 0 Å². The van der Waals surface area contributed by atoms with Gasteiger partial charge in [-0.3, -0.25) is 0 Å². The molecular weight excluding hydrogens is 335 g/mol. The van der Waals surface area contributed by atoms with Crippen LogP contribution in [0, 0.1) is 0 Å². The molecule has 0 aliphatic rings. The molecular formula is C6H5CrKN2O7S. The van der Waals surface area contributed by atoms with Crippen molar-refractivity contribution in [2.75, 3.05) is 0 Å². The molecule has 94 valence electrons. The summed E-state index contributed by atoms with van der Waals surface area (Å²) in [6.07, 6.45) is 0. The van der Waals surface area contributed by atoms with Gasteiger partial charge >= 0.3 is 149 Å². The van der Waals surface area contributed by atoms with Crippen LogP contribution in [0.5, 0.6) is 0 Å². The van der Waals surface area contributed by atoms with Crippen LogP contribution in [0.15, 0.2) is 39.6 Å². The van der Waals surface area contributed by atoms with Gasteiger partial charge in [-0.1, -0.05) is 0 Å². The average Bonchev–Trinajstić information content (AvgIpc) is 2.15. The smallest absolute Gasteiger partial charge is 1.00 e. The predicted octanol–water partition coefficient (Wildman–Crippen LogP) is -3.01. The molecule has 9 nitrogen and oxygen atoms in total. The van der Waals surface area contributed by atoms with Crippen molar-refractivity contribution < 1.29 is 93.6 Å². The molecule has 12 heteroatoms. The first-order valence-corrected chi connectivity index (χ1v) is 7.34. The zero-order chi connectivity index (χ0) is 13.1. The number of nitrogens with zero attached hydrogens (tertiary/aromatic N) is 2. The maximum absolute atomic E-state index is 10.6. The van der Waals surface area contributed by atoms with Crippen molar-refractivity contribution in [1.82, 2.24) is 0 Å². The molecule has 0 aliphatic carbocycles. The van der Waals surface area contributed by atoms with E-state index in [-0.39, 0.29) is 62.0 Å². The van der Waals surface area contributed by atoms with Crippen LogP contribution in [0.3, 0.4) is 0 Å². The van der Waals surface area contributed by atoms with Crippen molar-refractivity contribution in [2.45, 2.75) is 4.90 Å². The maximum atomic E-state index is 10.6.